The van der Waals surface area contributed by atoms with Gasteiger partial charge in [0.15, 0.2) is 0 Å². The zero-order chi connectivity index (χ0) is 14.9. The molecule has 0 bridgehead atoms. The van der Waals surface area contributed by atoms with E-state index >= 15 is 0 Å². The summed E-state index contributed by atoms with van der Waals surface area (Å²) in [6, 6.07) is 2.13. The lowest BCUT2D eigenvalue weighted by atomic mass is 9.82. The van der Waals surface area contributed by atoms with Crippen LogP contribution >= 0.6 is 0 Å². The molecule has 2 fully saturated rings. The van der Waals surface area contributed by atoms with E-state index in [0.717, 1.165) is 24.5 Å². The highest BCUT2D eigenvalue weighted by molar-refractivity contribution is 4.96. The van der Waals surface area contributed by atoms with Crippen LogP contribution in [0.5, 0.6) is 0 Å². The molecule has 0 aromatic rings. The van der Waals surface area contributed by atoms with Gasteiger partial charge in [0.1, 0.15) is 0 Å². The average molecular weight is 281 g/mol. The fourth-order valence-corrected chi connectivity index (χ4v) is 4.02. The molecule has 0 saturated carbocycles. The molecule has 118 valence electrons. The second-order valence-corrected chi connectivity index (χ2v) is 8.18. The Bertz CT molecular complexity index is 310. The summed E-state index contributed by atoms with van der Waals surface area (Å²) in [6.45, 7) is 16.8. The fourth-order valence-electron chi connectivity index (χ4n) is 4.02. The molecule has 3 heteroatoms. The Labute approximate surface area is 126 Å². The predicted octanol–water partition coefficient (Wildman–Crippen LogP) is 2.43. The summed E-state index contributed by atoms with van der Waals surface area (Å²) >= 11 is 0. The Morgan fingerprint density at radius 2 is 1.90 bits per heavy atom. The molecule has 2 heterocycles. The molecule has 3 nitrogen and oxygen atoms in total. The van der Waals surface area contributed by atoms with Crippen LogP contribution in [0.2, 0.25) is 0 Å². The highest BCUT2D eigenvalue weighted by Crippen LogP contribution is 2.30. The van der Waals surface area contributed by atoms with Crippen LogP contribution < -0.4 is 5.32 Å². The zero-order valence-corrected chi connectivity index (χ0v) is 14.4. The van der Waals surface area contributed by atoms with E-state index < -0.39 is 0 Å². The van der Waals surface area contributed by atoms with E-state index in [0.29, 0.717) is 11.5 Å². The SMILES string of the molecule is CCC1CNC(C(C)(C)C)CN1C1CCN(C)CC1C. The summed E-state index contributed by atoms with van der Waals surface area (Å²) in [4.78, 5) is 5.34. The van der Waals surface area contributed by atoms with Crippen LogP contribution in [0.4, 0.5) is 0 Å². The van der Waals surface area contributed by atoms with Gasteiger partial charge in [-0.25, -0.2) is 0 Å². The Morgan fingerprint density at radius 1 is 1.20 bits per heavy atom. The summed E-state index contributed by atoms with van der Waals surface area (Å²) in [5, 5.41) is 3.80. The lowest BCUT2D eigenvalue weighted by Crippen LogP contribution is -2.64. The van der Waals surface area contributed by atoms with Crippen molar-refractivity contribution >= 4 is 0 Å². The van der Waals surface area contributed by atoms with Crippen molar-refractivity contribution in [2.45, 2.75) is 65.6 Å². The summed E-state index contributed by atoms with van der Waals surface area (Å²) < 4.78 is 0. The van der Waals surface area contributed by atoms with Crippen LogP contribution in [0, 0.1) is 11.3 Å². The number of rotatable bonds is 2. The molecule has 0 aliphatic carbocycles. The van der Waals surface area contributed by atoms with Gasteiger partial charge < -0.3 is 10.2 Å². The van der Waals surface area contributed by atoms with Gasteiger partial charge in [-0.2, -0.15) is 0 Å². The topological polar surface area (TPSA) is 18.5 Å². The molecule has 0 spiro atoms. The lowest BCUT2D eigenvalue weighted by Gasteiger charge is -2.51. The number of hydrogen-bond acceptors (Lipinski definition) is 3. The molecule has 4 atom stereocenters. The van der Waals surface area contributed by atoms with Crippen LogP contribution in [0.3, 0.4) is 0 Å². The lowest BCUT2D eigenvalue weighted by molar-refractivity contribution is -0.000386. The Hall–Kier alpha value is -0.120. The molecule has 0 aromatic heterocycles. The molecule has 0 aromatic carbocycles. The van der Waals surface area contributed by atoms with Gasteiger partial charge in [-0.05, 0) is 37.8 Å². The van der Waals surface area contributed by atoms with Gasteiger partial charge in [-0.3, -0.25) is 4.90 Å². The van der Waals surface area contributed by atoms with Gasteiger partial charge in [0.25, 0.3) is 0 Å². The quantitative estimate of drug-likeness (QED) is 0.838. The summed E-state index contributed by atoms with van der Waals surface area (Å²) in [5.41, 5.74) is 0.353. The van der Waals surface area contributed by atoms with Crippen LogP contribution in [0.15, 0.2) is 0 Å². The standard InChI is InChI=1S/C17H35N3/c1-7-14-10-18-16(17(3,4)5)12-20(14)15-8-9-19(6)11-13(15)2/h13-16,18H,7-12H2,1-6H3. The fraction of sp³-hybridized carbons (Fsp3) is 1.00. The van der Waals surface area contributed by atoms with Crippen LogP contribution in [0.1, 0.15) is 47.5 Å². The van der Waals surface area contributed by atoms with E-state index in [1.54, 1.807) is 0 Å². The summed E-state index contributed by atoms with van der Waals surface area (Å²) in [5.74, 6) is 0.793. The van der Waals surface area contributed by atoms with Crippen molar-refractivity contribution in [3.8, 4) is 0 Å². The van der Waals surface area contributed by atoms with E-state index in [4.69, 9.17) is 0 Å². The van der Waals surface area contributed by atoms with E-state index in [-0.39, 0.29) is 0 Å². The third-order valence-electron chi connectivity index (χ3n) is 5.47. The van der Waals surface area contributed by atoms with Crippen molar-refractivity contribution in [3.05, 3.63) is 0 Å². The van der Waals surface area contributed by atoms with Gasteiger partial charge in [0.05, 0.1) is 0 Å². The average Bonchev–Trinajstić information content (AvgIpc) is 2.37. The highest BCUT2D eigenvalue weighted by Gasteiger charge is 2.39. The van der Waals surface area contributed by atoms with E-state index in [2.05, 4.69) is 56.8 Å². The number of nitrogens with one attached hydrogen (secondary N) is 1. The minimum Gasteiger partial charge on any atom is -0.311 e. The number of likely N-dealkylation sites (tertiary alicyclic amines) is 1. The smallest absolute Gasteiger partial charge is 0.0244 e. The minimum absolute atomic E-state index is 0.353. The monoisotopic (exact) mass is 281 g/mol. The van der Waals surface area contributed by atoms with Crippen LogP contribution in [-0.4, -0.2) is 61.2 Å². The van der Waals surface area contributed by atoms with Gasteiger partial charge >= 0.3 is 0 Å². The molecule has 0 amide bonds. The Morgan fingerprint density at radius 3 is 2.45 bits per heavy atom. The van der Waals surface area contributed by atoms with Gasteiger partial charge in [-0.15, -0.1) is 0 Å². The maximum atomic E-state index is 3.80. The van der Waals surface area contributed by atoms with Crippen molar-refractivity contribution in [2.24, 2.45) is 11.3 Å². The van der Waals surface area contributed by atoms with Crippen molar-refractivity contribution in [1.29, 1.82) is 0 Å². The molecule has 20 heavy (non-hydrogen) atoms. The molecule has 2 aliphatic rings. The van der Waals surface area contributed by atoms with Crippen LogP contribution in [0.25, 0.3) is 0 Å². The number of hydrogen-bond donors (Lipinski definition) is 1. The third kappa shape index (κ3) is 3.55. The zero-order valence-electron chi connectivity index (χ0n) is 14.4. The summed E-state index contributed by atoms with van der Waals surface area (Å²) in [6.07, 6.45) is 2.61. The number of piperazine rings is 1. The molecular weight excluding hydrogens is 246 g/mol. The normalized spacial score (nSPS) is 38.1. The first-order valence-corrected chi connectivity index (χ1v) is 8.50. The van der Waals surface area contributed by atoms with E-state index in [9.17, 15) is 0 Å². The Kier molecular flexibility index (Phi) is 5.14. The first kappa shape index (κ1) is 16.3. The number of piperidine rings is 1. The maximum absolute atomic E-state index is 3.80. The molecule has 1 N–H and O–H groups in total. The van der Waals surface area contributed by atoms with E-state index in [1.165, 1.54) is 32.5 Å². The van der Waals surface area contributed by atoms with Crippen molar-refractivity contribution in [3.63, 3.8) is 0 Å². The second kappa shape index (κ2) is 6.33. The van der Waals surface area contributed by atoms with Crippen LogP contribution in [-0.2, 0) is 0 Å². The maximum Gasteiger partial charge on any atom is 0.0244 e. The first-order chi connectivity index (χ1) is 9.32. The molecule has 2 rings (SSSR count). The second-order valence-electron chi connectivity index (χ2n) is 8.18. The van der Waals surface area contributed by atoms with Gasteiger partial charge in [-0.1, -0.05) is 34.6 Å². The van der Waals surface area contributed by atoms with Crippen molar-refractivity contribution < 1.29 is 0 Å². The minimum atomic E-state index is 0.353. The van der Waals surface area contributed by atoms with Gasteiger partial charge in [0.2, 0.25) is 0 Å². The summed E-state index contributed by atoms with van der Waals surface area (Å²) in [7, 11) is 2.26. The highest BCUT2D eigenvalue weighted by atomic mass is 15.3. The molecule has 0 radical (unpaired) electrons. The first-order valence-electron chi connectivity index (χ1n) is 8.50. The van der Waals surface area contributed by atoms with Crippen molar-refractivity contribution in [1.82, 2.24) is 15.1 Å². The molecule has 2 saturated heterocycles. The molecule has 4 unspecified atom stereocenters. The molecular formula is C17H35N3. The molecule has 2 aliphatic heterocycles. The third-order valence-corrected chi connectivity index (χ3v) is 5.47. The van der Waals surface area contributed by atoms with E-state index in [1.807, 2.05) is 0 Å². The van der Waals surface area contributed by atoms with Crippen molar-refractivity contribution in [2.75, 3.05) is 33.2 Å². The predicted molar refractivity (Wildman–Crippen MR) is 87.1 cm³/mol. The van der Waals surface area contributed by atoms with Gasteiger partial charge in [0, 0.05) is 37.8 Å². The largest absolute Gasteiger partial charge is 0.311 e. The Balaban J connectivity index is 2.09. The number of nitrogens with zero attached hydrogens (tertiary/aromatic N) is 2.